The predicted molar refractivity (Wildman–Crippen MR) is 73.8 cm³/mol. The Balaban J connectivity index is 1.95. The van der Waals surface area contributed by atoms with E-state index in [-0.39, 0.29) is 12.5 Å². The molecule has 1 unspecified atom stereocenters. The molecular weight excluding hydrogens is 256 g/mol. The summed E-state index contributed by atoms with van der Waals surface area (Å²) in [5.74, 6) is -0.997. The fourth-order valence-corrected chi connectivity index (χ4v) is 2.17. The van der Waals surface area contributed by atoms with Crippen LogP contribution in [0.15, 0.2) is 24.3 Å². The van der Waals surface area contributed by atoms with Crippen molar-refractivity contribution in [2.45, 2.75) is 32.7 Å². The minimum absolute atomic E-state index is 0.0420. The van der Waals surface area contributed by atoms with Crippen LogP contribution in [0.25, 0.3) is 0 Å². The van der Waals surface area contributed by atoms with Crippen LogP contribution in [-0.4, -0.2) is 35.2 Å². The van der Waals surface area contributed by atoms with Crippen LogP contribution in [0.5, 0.6) is 0 Å². The fraction of sp³-hybridized carbons (Fsp3) is 0.400. The number of amides is 3. The number of imide groups is 1. The molecule has 1 heterocycles. The topological polar surface area (TPSA) is 66.5 Å². The zero-order valence-corrected chi connectivity index (χ0v) is 11.7. The van der Waals surface area contributed by atoms with Crippen molar-refractivity contribution in [3.05, 3.63) is 35.4 Å². The largest absolute Gasteiger partial charge is 0.322 e. The van der Waals surface area contributed by atoms with Crippen molar-refractivity contribution in [2.24, 2.45) is 0 Å². The van der Waals surface area contributed by atoms with Crippen LogP contribution in [0.2, 0.25) is 0 Å². The third-order valence-corrected chi connectivity index (χ3v) is 3.49. The van der Waals surface area contributed by atoms with Gasteiger partial charge in [-0.05, 0) is 25.8 Å². The van der Waals surface area contributed by atoms with Gasteiger partial charge in [0.25, 0.3) is 0 Å². The van der Waals surface area contributed by atoms with E-state index in [1.54, 1.807) is 6.92 Å². The van der Waals surface area contributed by atoms with Gasteiger partial charge in [0.15, 0.2) is 0 Å². The second kappa shape index (κ2) is 5.86. The summed E-state index contributed by atoms with van der Waals surface area (Å²) in [7, 11) is 0. The van der Waals surface area contributed by atoms with Gasteiger partial charge < -0.3 is 4.90 Å². The van der Waals surface area contributed by atoms with E-state index in [2.05, 4.69) is 5.32 Å². The van der Waals surface area contributed by atoms with Gasteiger partial charge in [-0.15, -0.1) is 0 Å². The number of hydrogen-bond donors (Lipinski definition) is 1. The normalized spacial score (nSPS) is 18.9. The molecule has 0 bridgehead atoms. The monoisotopic (exact) mass is 274 g/mol. The highest BCUT2D eigenvalue weighted by molar-refractivity contribution is 6.04. The van der Waals surface area contributed by atoms with Gasteiger partial charge in [0.1, 0.15) is 12.6 Å². The molecule has 1 aromatic carbocycles. The van der Waals surface area contributed by atoms with Crippen molar-refractivity contribution in [1.82, 2.24) is 10.2 Å². The second-order valence-electron chi connectivity index (χ2n) is 5.10. The van der Waals surface area contributed by atoms with Gasteiger partial charge in [0.05, 0.1) is 0 Å². The SMILES string of the molecule is Cc1ccc(CCC(=O)N2CC(=O)NC(=O)C2C)cc1. The van der Waals surface area contributed by atoms with E-state index >= 15 is 0 Å². The van der Waals surface area contributed by atoms with Crippen molar-refractivity contribution in [3.8, 4) is 0 Å². The molecule has 1 saturated heterocycles. The maximum atomic E-state index is 12.1. The van der Waals surface area contributed by atoms with E-state index in [0.717, 1.165) is 5.56 Å². The quantitative estimate of drug-likeness (QED) is 0.829. The molecule has 0 aromatic heterocycles. The Hall–Kier alpha value is -2.17. The molecule has 2 rings (SSSR count). The van der Waals surface area contributed by atoms with Crippen LogP contribution in [0, 0.1) is 6.92 Å². The molecule has 1 aliphatic heterocycles. The number of aryl methyl sites for hydroxylation is 2. The maximum absolute atomic E-state index is 12.1. The summed E-state index contributed by atoms with van der Waals surface area (Å²) >= 11 is 0. The summed E-state index contributed by atoms with van der Waals surface area (Å²) in [5.41, 5.74) is 2.25. The maximum Gasteiger partial charge on any atom is 0.249 e. The number of nitrogens with zero attached hydrogens (tertiary/aromatic N) is 1. The molecule has 0 saturated carbocycles. The number of benzene rings is 1. The van der Waals surface area contributed by atoms with Gasteiger partial charge in [-0.1, -0.05) is 29.8 Å². The van der Waals surface area contributed by atoms with Gasteiger partial charge in [-0.25, -0.2) is 0 Å². The van der Waals surface area contributed by atoms with Crippen molar-refractivity contribution in [1.29, 1.82) is 0 Å². The Bertz CT molecular complexity index is 537. The first-order valence-corrected chi connectivity index (χ1v) is 6.66. The predicted octanol–water partition coefficient (Wildman–Crippen LogP) is 0.801. The molecule has 0 aliphatic carbocycles. The molecule has 0 radical (unpaired) electrons. The first-order valence-electron chi connectivity index (χ1n) is 6.66. The van der Waals surface area contributed by atoms with Crippen LogP contribution in [0.1, 0.15) is 24.5 Å². The van der Waals surface area contributed by atoms with Gasteiger partial charge in [-0.2, -0.15) is 0 Å². The van der Waals surface area contributed by atoms with E-state index in [1.165, 1.54) is 10.5 Å². The molecule has 5 heteroatoms. The van der Waals surface area contributed by atoms with Gasteiger partial charge in [0, 0.05) is 6.42 Å². The summed E-state index contributed by atoms with van der Waals surface area (Å²) < 4.78 is 0. The number of hydrogen-bond acceptors (Lipinski definition) is 3. The first-order chi connectivity index (χ1) is 9.47. The van der Waals surface area contributed by atoms with E-state index in [1.807, 2.05) is 31.2 Å². The first kappa shape index (κ1) is 14.2. The number of carbonyl (C=O) groups is 3. The van der Waals surface area contributed by atoms with E-state index in [4.69, 9.17) is 0 Å². The van der Waals surface area contributed by atoms with Gasteiger partial charge >= 0.3 is 0 Å². The Morgan fingerprint density at radius 3 is 2.60 bits per heavy atom. The summed E-state index contributed by atoms with van der Waals surface area (Å²) in [6, 6.07) is 7.39. The summed E-state index contributed by atoms with van der Waals surface area (Å²) in [6.45, 7) is 3.60. The van der Waals surface area contributed by atoms with E-state index in [0.29, 0.717) is 12.8 Å². The molecule has 1 N–H and O–H groups in total. The molecule has 106 valence electrons. The molecule has 0 spiro atoms. The highest BCUT2D eigenvalue weighted by Crippen LogP contribution is 2.11. The minimum atomic E-state index is -0.585. The Labute approximate surface area is 118 Å². The lowest BCUT2D eigenvalue weighted by Gasteiger charge is -2.31. The average Bonchev–Trinajstić information content (AvgIpc) is 2.42. The molecule has 3 amide bonds. The second-order valence-corrected chi connectivity index (χ2v) is 5.10. The highest BCUT2D eigenvalue weighted by Gasteiger charge is 2.32. The standard InChI is InChI=1S/C15H18N2O3/c1-10-3-5-12(6-4-10)7-8-14(19)17-9-13(18)16-15(20)11(17)2/h3-6,11H,7-9H2,1-2H3,(H,16,18,20). The molecular formula is C15H18N2O3. The van der Waals surface area contributed by atoms with Crippen molar-refractivity contribution in [3.63, 3.8) is 0 Å². The zero-order valence-electron chi connectivity index (χ0n) is 11.7. The van der Waals surface area contributed by atoms with Crippen LogP contribution in [-0.2, 0) is 20.8 Å². The van der Waals surface area contributed by atoms with Crippen LogP contribution >= 0.6 is 0 Å². The van der Waals surface area contributed by atoms with Crippen molar-refractivity contribution < 1.29 is 14.4 Å². The van der Waals surface area contributed by atoms with Crippen molar-refractivity contribution in [2.75, 3.05) is 6.54 Å². The fourth-order valence-electron chi connectivity index (χ4n) is 2.17. The van der Waals surface area contributed by atoms with E-state index < -0.39 is 17.9 Å². The highest BCUT2D eigenvalue weighted by atomic mass is 16.2. The third kappa shape index (κ3) is 3.23. The summed E-state index contributed by atoms with van der Waals surface area (Å²) in [4.78, 5) is 36.3. The molecule has 1 aliphatic rings. The Kier molecular flexibility index (Phi) is 4.17. The average molecular weight is 274 g/mol. The lowest BCUT2D eigenvalue weighted by Crippen LogP contribution is -2.58. The van der Waals surface area contributed by atoms with Gasteiger partial charge in [-0.3, -0.25) is 19.7 Å². The van der Waals surface area contributed by atoms with Crippen LogP contribution in [0.4, 0.5) is 0 Å². The molecule has 5 nitrogen and oxygen atoms in total. The molecule has 20 heavy (non-hydrogen) atoms. The lowest BCUT2D eigenvalue weighted by molar-refractivity contribution is -0.149. The van der Waals surface area contributed by atoms with Crippen LogP contribution < -0.4 is 5.32 Å². The number of carbonyl (C=O) groups excluding carboxylic acids is 3. The number of piperazine rings is 1. The van der Waals surface area contributed by atoms with Crippen molar-refractivity contribution >= 4 is 17.7 Å². The number of nitrogens with one attached hydrogen (secondary N) is 1. The molecule has 1 atom stereocenters. The lowest BCUT2D eigenvalue weighted by atomic mass is 10.1. The van der Waals surface area contributed by atoms with Crippen LogP contribution in [0.3, 0.4) is 0 Å². The zero-order chi connectivity index (χ0) is 14.7. The Morgan fingerprint density at radius 2 is 1.95 bits per heavy atom. The summed E-state index contributed by atoms with van der Waals surface area (Å²) in [5, 5.41) is 2.22. The number of rotatable bonds is 3. The minimum Gasteiger partial charge on any atom is -0.322 e. The molecule has 1 aromatic rings. The Morgan fingerprint density at radius 1 is 1.30 bits per heavy atom. The molecule has 1 fully saturated rings. The van der Waals surface area contributed by atoms with E-state index in [9.17, 15) is 14.4 Å². The van der Waals surface area contributed by atoms with Gasteiger partial charge in [0.2, 0.25) is 17.7 Å². The summed E-state index contributed by atoms with van der Waals surface area (Å²) in [6.07, 6.45) is 0.909. The third-order valence-electron chi connectivity index (χ3n) is 3.49. The smallest absolute Gasteiger partial charge is 0.249 e.